The molecule has 0 bridgehead atoms. The van der Waals surface area contributed by atoms with Gasteiger partial charge >= 0.3 is 0 Å². The topological polar surface area (TPSA) is 49.3 Å². The smallest absolute Gasteiger partial charge is 0.274 e. The summed E-state index contributed by atoms with van der Waals surface area (Å²) in [7, 11) is 0. The average Bonchev–Trinajstić information content (AvgIpc) is 3.23. The molecule has 0 radical (unpaired) electrons. The first-order valence-corrected chi connectivity index (χ1v) is 10.6. The van der Waals surface area contributed by atoms with E-state index in [1.165, 1.54) is 37.1 Å². The van der Waals surface area contributed by atoms with E-state index in [0.29, 0.717) is 11.6 Å². The van der Waals surface area contributed by atoms with Crippen molar-refractivity contribution < 1.29 is 4.79 Å². The Kier molecular flexibility index (Phi) is 6.01. The molecule has 148 valence electrons. The molecule has 2 aliphatic heterocycles. The molecule has 1 amide bonds. The van der Waals surface area contributed by atoms with Crippen molar-refractivity contribution in [2.24, 2.45) is 5.92 Å². The number of likely N-dealkylation sites (tertiary alicyclic amines) is 2. The van der Waals surface area contributed by atoms with E-state index < -0.39 is 0 Å². The van der Waals surface area contributed by atoms with Gasteiger partial charge < -0.3 is 4.90 Å². The third kappa shape index (κ3) is 4.76. The van der Waals surface area contributed by atoms with Crippen molar-refractivity contribution in [3.63, 3.8) is 0 Å². The Morgan fingerprint density at radius 1 is 0.964 bits per heavy atom. The minimum absolute atomic E-state index is 0.0113. The number of hydrogen-bond donors (Lipinski definition) is 0. The summed E-state index contributed by atoms with van der Waals surface area (Å²) in [6, 6.07) is 9.18. The third-order valence-electron chi connectivity index (χ3n) is 6.05. The lowest BCUT2D eigenvalue weighted by molar-refractivity contribution is 0.0684. The Labute approximate surface area is 167 Å². The van der Waals surface area contributed by atoms with Gasteiger partial charge in [-0.1, -0.05) is 24.3 Å². The third-order valence-corrected chi connectivity index (χ3v) is 6.05. The molecule has 2 saturated heterocycles. The Morgan fingerprint density at radius 2 is 1.64 bits per heavy atom. The van der Waals surface area contributed by atoms with Gasteiger partial charge in [0.05, 0.1) is 11.9 Å². The van der Waals surface area contributed by atoms with Crippen molar-refractivity contribution in [2.75, 3.05) is 26.2 Å². The lowest BCUT2D eigenvalue weighted by atomic mass is 9.90. The molecule has 28 heavy (non-hydrogen) atoms. The van der Waals surface area contributed by atoms with Crippen molar-refractivity contribution >= 4 is 5.91 Å². The van der Waals surface area contributed by atoms with Crippen LogP contribution in [0.1, 0.15) is 53.0 Å². The van der Waals surface area contributed by atoms with E-state index >= 15 is 0 Å². The Balaban J connectivity index is 1.26. The minimum atomic E-state index is 0.0113. The number of piperidine rings is 1. The fourth-order valence-electron chi connectivity index (χ4n) is 4.32. The zero-order valence-electron chi connectivity index (χ0n) is 16.8. The number of carbonyl (C=O) groups excluding carboxylic acids is 1. The van der Waals surface area contributed by atoms with Gasteiger partial charge in [-0.3, -0.25) is 14.7 Å². The van der Waals surface area contributed by atoms with Gasteiger partial charge in [0.15, 0.2) is 0 Å². The number of aromatic nitrogens is 2. The summed E-state index contributed by atoms with van der Waals surface area (Å²) in [5.74, 6) is 0.662. The molecule has 3 heterocycles. The lowest BCUT2D eigenvalue weighted by Crippen LogP contribution is -2.39. The molecule has 2 fully saturated rings. The van der Waals surface area contributed by atoms with E-state index in [4.69, 9.17) is 0 Å². The van der Waals surface area contributed by atoms with E-state index in [9.17, 15) is 4.79 Å². The van der Waals surface area contributed by atoms with Crippen molar-refractivity contribution in [3.05, 3.63) is 59.2 Å². The van der Waals surface area contributed by atoms with Gasteiger partial charge in [-0.25, -0.2) is 4.98 Å². The van der Waals surface area contributed by atoms with Crippen LogP contribution in [-0.2, 0) is 13.0 Å². The van der Waals surface area contributed by atoms with E-state index in [1.54, 1.807) is 12.4 Å². The maximum atomic E-state index is 12.6. The number of nitrogens with zero attached hydrogens (tertiary/aromatic N) is 4. The standard InChI is InChI=1S/C23H30N4O/c1-18-15-25-22(16-24-18)23(28)27-12-8-20(9-13-27)14-19-4-6-21(7-5-19)17-26-10-2-3-11-26/h4-7,15-16,20H,2-3,8-14,17H2,1H3. The fraction of sp³-hybridized carbons (Fsp3) is 0.522. The van der Waals surface area contributed by atoms with Gasteiger partial charge in [0.1, 0.15) is 5.69 Å². The Morgan fingerprint density at radius 3 is 2.29 bits per heavy atom. The van der Waals surface area contributed by atoms with Gasteiger partial charge in [-0.2, -0.15) is 0 Å². The summed E-state index contributed by atoms with van der Waals surface area (Å²) in [4.78, 5) is 25.5. The molecular weight excluding hydrogens is 348 g/mol. The zero-order valence-corrected chi connectivity index (χ0v) is 16.8. The molecule has 0 aliphatic carbocycles. The minimum Gasteiger partial charge on any atom is -0.337 e. The molecule has 0 unspecified atom stereocenters. The predicted molar refractivity (Wildman–Crippen MR) is 110 cm³/mol. The van der Waals surface area contributed by atoms with Crippen LogP contribution in [0.3, 0.4) is 0 Å². The second-order valence-corrected chi connectivity index (χ2v) is 8.28. The van der Waals surface area contributed by atoms with Crippen LogP contribution >= 0.6 is 0 Å². The van der Waals surface area contributed by atoms with Crippen LogP contribution in [0, 0.1) is 12.8 Å². The van der Waals surface area contributed by atoms with Gasteiger partial charge in [0.2, 0.25) is 0 Å². The van der Waals surface area contributed by atoms with Crippen LogP contribution < -0.4 is 0 Å². The number of carbonyl (C=O) groups is 1. The molecule has 5 nitrogen and oxygen atoms in total. The van der Waals surface area contributed by atoms with Crippen molar-refractivity contribution in [2.45, 2.75) is 45.6 Å². The highest BCUT2D eigenvalue weighted by molar-refractivity contribution is 5.92. The molecule has 2 aliphatic rings. The highest BCUT2D eigenvalue weighted by Gasteiger charge is 2.24. The molecule has 4 rings (SSSR count). The number of rotatable bonds is 5. The molecule has 5 heteroatoms. The molecular formula is C23H30N4O. The Bertz CT molecular complexity index is 773. The van der Waals surface area contributed by atoms with Crippen molar-refractivity contribution in [3.8, 4) is 0 Å². The second kappa shape index (κ2) is 8.82. The van der Waals surface area contributed by atoms with Gasteiger partial charge in [-0.05, 0) is 69.2 Å². The summed E-state index contributed by atoms with van der Waals surface area (Å²) >= 11 is 0. The second-order valence-electron chi connectivity index (χ2n) is 8.28. The summed E-state index contributed by atoms with van der Waals surface area (Å²) in [6.07, 6.45) is 9.16. The first-order valence-electron chi connectivity index (χ1n) is 10.6. The molecule has 0 saturated carbocycles. The van der Waals surface area contributed by atoms with Crippen LogP contribution in [-0.4, -0.2) is 51.9 Å². The largest absolute Gasteiger partial charge is 0.337 e. The van der Waals surface area contributed by atoms with Crippen LogP contribution in [0.15, 0.2) is 36.7 Å². The monoisotopic (exact) mass is 378 g/mol. The Hall–Kier alpha value is -2.27. The SMILES string of the molecule is Cc1cnc(C(=O)N2CCC(Cc3ccc(CN4CCCC4)cc3)CC2)cn1. The molecule has 0 spiro atoms. The first-order chi connectivity index (χ1) is 13.7. The molecule has 1 aromatic heterocycles. The lowest BCUT2D eigenvalue weighted by Gasteiger charge is -2.32. The fourth-order valence-corrected chi connectivity index (χ4v) is 4.32. The maximum absolute atomic E-state index is 12.6. The van der Waals surface area contributed by atoms with Crippen molar-refractivity contribution in [1.29, 1.82) is 0 Å². The first kappa shape index (κ1) is 19.1. The normalized spacial score (nSPS) is 18.5. The van der Waals surface area contributed by atoms with Crippen LogP contribution in [0.4, 0.5) is 0 Å². The van der Waals surface area contributed by atoms with E-state index in [1.807, 2.05) is 11.8 Å². The van der Waals surface area contributed by atoms with Gasteiger partial charge in [-0.15, -0.1) is 0 Å². The summed E-state index contributed by atoms with van der Waals surface area (Å²) < 4.78 is 0. The highest BCUT2D eigenvalue weighted by atomic mass is 16.2. The summed E-state index contributed by atoms with van der Waals surface area (Å²) in [6.45, 7) is 7.08. The molecule has 0 atom stereocenters. The molecule has 2 aromatic rings. The number of benzene rings is 1. The average molecular weight is 379 g/mol. The van der Waals surface area contributed by atoms with E-state index in [-0.39, 0.29) is 5.91 Å². The summed E-state index contributed by atoms with van der Waals surface area (Å²) in [5.41, 5.74) is 4.13. The van der Waals surface area contributed by atoms with Crippen LogP contribution in [0.2, 0.25) is 0 Å². The van der Waals surface area contributed by atoms with Crippen molar-refractivity contribution in [1.82, 2.24) is 19.8 Å². The quantitative estimate of drug-likeness (QED) is 0.799. The van der Waals surface area contributed by atoms with E-state index in [2.05, 4.69) is 39.1 Å². The van der Waals surface area contributed by atoms with Crippen LogP contribution in [0.25, 0.3) is 0 Å². The summed E-state index contributed by atoms with van der Waals surface area (Å²) in [5, 5.41) is 0. The number of amides is 1. The zero-order chi connectivity index (χ0) is 19.3. The molecule has 0 N–H and O–H groups in total. The number of hydrogen-bond acceptors (Lipinski definition) is 4. The van der Waals surface area contributed by atoms with Gasteiger partial charge in [0, 0.05) is 25.8 Å². The predicted octanol–water partition coefficient (Wildman–Crippen LogP) is 3.48. The van der Waals surface area contributed by atoms with Crippen LogP contribution in [0.5, 0.6) is 0 Å². The highest BCUT2D eigenvalue weighted by Crippen LogP contribution is 2.23. The van der Waals surface area contributed by atoms with Gasteiger partial charge in [0.25, 0.3) is 5.91 Å². The molecule has 1 aromatic carbocycles. The maximum Gasteiger partial charge on any atom is 0.274 e. The number of aryl methyl sites for hydroxylation is 1. The van der Waals surface area contributed by atoms with E-state index in [0.717, 1.165) is 44.6 Å².